The number of piperidine rings is 1. The third kappa shape index (κ3) is 2.80. The molecule has 14 heavy (non-hydrogen) atoms. The van der Waals surface area contributed by atoms with Crippen molar-refractivity contribution < 1.29 is 4.79 Å². The monoisotopic (exact) mass is 197 g/mol. The van der Waals surface area contributed by atoms with Crippen molar-refractivity contribution in [1.82, 2.24) is 10.3 Å². The van der Waals surface area contributed by atoms with Gasteiger partial charge in [0.1, 0.15) is 0 Å². The number of rotatable bonds is 1. The molecule has 0 aromatic heterocycles. The van der Waals surface area contributed by atoms with E-state index in [1.165, 1.54) is 6.92 Å². The lowest BCUT2D eigenvalue weighted by molar-refractivity contribution is -0.118. The molecule has 2 atom stereocenters. The summed E-state index contributed by atoms with van der Waals surface area (Å²) < 4.78 is 0. The molecule has 4 nitrogen and oxygen atoms in total. The Morgan fingerprint density at radius 2 is 2.21 bits per heavy atom. The van der Waals surface area contributed by atoms with Gasteiger partial charge < -0.3 is 4.90 Å². The molecule has 1 fully saturated rings. The summed E-state index contributed by atoms with van der Waals surface area (Å²) in [7, 11) is 2.12. The molecule has 0 aromatic rings. The SMILES string of the molecule is CC(=O)NN=C1CC(C)N(C)CC1C. The Bertz CT molecular complexity index is 250. The van der Waals surface area contributed by atoms with Gasteiger partial charge >= 0.3 is 0 Å². The van der Waals surface area contributed by atoms with Gasteiger partial charge in [-0.25, -0.2) is 5.43 Å². The van der Waals surface area contributed by atoms with E-state index in [0.29, 0.717) is 12.0 Å². The summed E-state index contributed by atoms with van der Waals surface area (Å²) >= 11 is 0. The minimum absolute atomic E-state index is 0.101. The molecule has 0 radical (unpaired) electrons. The summed E-state index contributed by atoms with van der Waals surface area (Å²) in [5.41, 5.74) is 3.61. The Morgan fingerprint density at radius 1 is 1.57 bits per heavy atom. The molecule has 0 aromatic carbocycles. The van der Waals surface area contributed by atoms with E-state index < -0.39 is 0 Å². The molecule has 1 saturated heterocycles. The molecule has 1 rings (SSSR count). The second-order valence-electron chi connectivity index (χ2n) is 4.16. The maximum absolute atomic E-state index is 10.7. The van der Waals surface area contributed by atoms with Crippen LogP contribution in [0.4, 0.5) is 0 Å². The van der Waals surface area contributed by atoms with Crippen LogP contribution in [0.5, 0.6) is 0 Å². The van der Waals surface area contributed by atoms with Crippen LogP contribution in [0, 0.1) is 5.92 Å². The molecule has 1 N–H and O–H groups in total. The average Bonchev–Trinajstić information content (AvgIpc) is 2.09. The fourth-order valence-corrected chi connectivity index (χ4v) is 1.68. The van der Waals surface area contributed by atoms with E-state index in [2.05, 4.69) is 36.3 Å². The average molecular weight is 197 g/mol. The first kappa shape index (κ1) is 11.2. The Hall–Kier alpha value is -0.900. The topological polar surface area (TPSA) is 44.7 Å². The van der Waals surface area contributed by atoms with Crippen LogP contribution < -0.4 is 5.43 Å². The standard InChI is InChI=1S/C10H19N3O/c1-7-6-13(4)8(2)5-10(7)12-11-9(3)14/h7-8H,5-6H2,1-4H3,(H,11,14). The fourth-order valence-electron chi connectivity index (χ4n) is 1.68. The van der Waals surface area contributed by atoms with Gasteiger partial charge in [-0.15, -0.1) is 0 Å². The number of nitrogens with zero attached hydrogens (tertiary/aromatic N) is 2. The van der Waals surface area contributed by atoms with Gasteiger partial charge in [-0.2, -0.15) is 5.10 Å². The number of hydrogen-bond acceptors (Lipinski definition) is 3. The second-order valence-corrected chi connectivity index (χ2v) is 4.16. The van der Waals surface area contributed by atoms with Gasteiger partial charge in [-0.3, -0.25) is 4.79 Å². The van der Waals surface area contributed by atoms with E-state index in [1.54, 1.807) is 0 Å². The number of hydrogen-bond donors (Lipinski definition) is 1. The van der Waals surface area contributed by atoms with Crippen molar-refractivity contribution in [3.05, 3.63) is 0 Å². The Balaban J connectivity index is 2.60. The second kappa shape index (κ2) is 4.55. The van der Waals surface area contributed by atoms with Gasteiger partial charge in [0.2, 0.25) is 5.91 Å². The van der Waals surface area contributed by atoms with Crippen molar-refractivity contribution in [2.75, 3.05) is 13.6 Å². The third-order valence-corrected chi connectivity index (χ3v) is 2.74. The number of carbonyl (C=O) groups excluding carboxylic acids is 1. The summed E-state index contributed by atoms with van der Waals surface area (Å²) in [5.74, 6) is 0.333. The quantitative estimate of drug-likeness (QED) is 0.633. The summed E-state index contributed by atoms with van der Waals surface area (Å²) in [4.78, 5) is 13.0. The molecule has 2 unspecified atom stereocenters. The van der Waals surface area contributed by atoms with Crippen molar-refractivity contribution in [3.8, 4) is 0 Å². The molecule has 0 aliphatic carbocycles. The predicted molar refractivity (Wildman–Crippen MR) is 57.1 cm³/mol. The number of likely N-dealkylation sites (tertiary alicyclic amines) is 1. The fraction of sp³-hybridized carbons (Fsp3) is 0.800. The molecule has 1 aliphatic heterocycles. The van der Waals surface area contributed by atoms with Gasteiger partial charge in [0, 0.05) is 37.6 Å². The van der Waals surface area contributed by atoms with Crippen molar-refractivity contribution in [3.63, 3.8) is 0 Å². The Morgan fingerprint density at radius 3 is 2.79 bits per heavy atom. The molecule has 1 aliphatic rings. The lowest BCUT2D eigenvalue weighted by Gasteiger charge is -2.34. The van der Waals surface area contributed by atoms with Crippen LogP contribution in [0.2, 0.25) is 0 Å². The largest absolute Gasteiger partial charge is 0.303 e. The molecular weight excluding hydrogens is 178 g/mol. The first-order chi connectivity index (χ1) is 6.50. The zero-order chi connectivity index (χ0) is 10.7. The van der Waals surface area contributed by atoms with E-state index in [1.807, 2.05) is 0 Å². The number of nitrogens with one attached hydrogen (secondary N) is 1. The Kier molecular flexibility index (Phi) is 3.63. The molecule has 1 amide bonds. The van der Waals surface area contributed by atoms with Crippen molar-refractivity contribution in [1.29, 1.82) is 0 Å². The van der Waals surface area contributed by atoms with Gasteiger partial charge in [0.25, 0.3) is 0 Å². The van der Waals surface area contributed by atoms with Gasteiger partial charge in [-0.05, 0) is 14.0 Å². The van der Waals surface area contributed by atoms with Gasteiger partial charge in [0.05, 0.1) is 0 Å². The van der Waals surface area contributed by atoms with E-state index in [-0.39, 0.29) is 5.91 Å². The predicted octanol–water partition coefficient (Wildman–Crippen LogP) is 0.839. The molecule has 0 spiro atoms. The number of carbonyl (C=O) groups is 1. The molecular formula is C10H19N3O. The molecule has 1 heterocycles. The molecule has 4 heteroatoms. The number of hydrazone groups is 1. The third-order valence-electron chi connectivity index (χ3n) is 2.74. The number of amides is 1. The molecule has 0 bridgehead atoms. The van der Waals surface area contributed by atoms with Crippen molar-refractivity contribution in [2.45, 2.75) is 33.2 Å². The zero-order valence-electron chi connectivity index (χ0n) is 9.37. The van der Waals surface area contributed by atoms with Crippen LogP contribution in [0.1, 0.15) is 27.2 Å². The van der Waals surface area contributed by atoms with Crippen LogP contribution in [0.25, 0.3) is 0 Å². The summed E-state index contributed by atoms with van der Waals surface area (Å²) in [6.45, 7) is 6.81. The highest BCUT2D eigenvalue weighted by atomic mass is 16.2. The minimum atomic E-state index is -0.101. The summed E-state index contributed by atoms with van der Waals surface area (Å²) in [5, 5.41) is 4.14. The van der Waals surface area contributed by atoms with Gasteiger partial charge in [0.15, 0.2) is 0 Å². The van der Waals surface area contributed by atoms with Crippen LogP contribution in [0.3, 0.4) is 0 Å². The van der Waals surface area contributed by atoms with Crippen LogP contribution in [-0.2, 0) is 4.79 Å². The van der Waals surface area contributed by atoms with Crippen molar-refractivity contribution in [2.24, 2.45) is 11.0 Å². The maximum atomic E-state index is 10.7. The van der Waals surface area contributed by atoms with E-state index in [9.17, 15) is 4.79 Å². The smallest absolute Gasteiger partial charge is 0.236 e. The first-order valence-corrected chi connectivity index (χ1v) is 5.04. The summed E-state index contributed by atoms with van der Waals surface area (Å²) in [6.07, 6.45) is 0.942. The molecule has 80 valence electrons. The highest BCUT2D eigenvalue weighted by molar-refractivity contribution is 5.89. The highest BCUT2D eigenvalue weighted by Crippen LogP contribution is 2.17. The van der Waals surface area contributed by atoms with Gasteiger partial charge in [-0.1, -0.05) is 6.92 Å². The summed E-state index contributed by atoms with van der Waals surface area (Å²) in [6, 6.07) is 0.513. The molecule has 0 saturated carbocycles. The minimum Gasteiger partial charge on any atom is -0.303 e. The van der Waals surface area contributed by atoms with E-state index >= 15 is 0 Å². The normalized spacial score (nSPS) is 31.9. The Labute approximate surface area is 85.4 Å². The lowest BCUT2D eigenvalue weighted by atomic mass is 9.93. The first-order valence-electron chi connectivity index (χ1n) is 5.04. The highest BCUT2D eigenvalue weighted by Gasteiger charge is 2.25. The van der Waals surface area contributed by atoms with Crippen LogP contribution >= 0.6 is 0 Å². The van der Waals surface area contributed by atoms with E-state index in [0.717, 1.165) is 18.7 Å². The van der Waals surface area contributed by atoms with E-state index in [4.69, 9.17) is 0 Å². The van der Waals surface area contributed by atoms with Crippen LogP contribution in [0.15, 0.2) is 5.10 Å². The zero-order valence-corrected chi connectivity index (χ0v) is 9.37. The maximum Gasteiger partial charge on any atom is 0.236 e. The van der Waals surface area contributed by atoms with Crippen LogP contribution in [-0.4, -0.2) is 36.2 Å². The van der Waals surface area contributed by atoms with Crippen molar-refractivity contribution >= 4 is 11.6 Å². The lowest BCUT2D eigenvalue weighted by Crippen LogP contribution is -2.43.